The van der Waals surface area contributed by atoms with Crippen molar-refractivity contribution in [3.63, 3.8) is 0 Å². The van der Waals surface area contributed by atoms with Gasteiger partial charge in [-0.1, -0.05) is 152 Å². The lowest BCUT2D eigenvalue weighted by atomic mass is 9.68. The zero-order chi connectivity index (χ0) is 35.3. The summed E-state index contributed by atoms with van der Waals surface area (Å²) in [6.07, 6.45) is 28.1. The monoisotopic (exact) mass is 688 g/mol. The van der Waals surface area contributed by atoms with Gasteiger partial charge in [-0.05, 0) is 97.3 Å². The van der Waals surface area contributed by atoms with E-state index in [0.717, 1.165) is 56.3 Å². The van der Waals surface area contributed by atoms with Gasteiger partial charge in [0.15, 0.2) is 23.3 Å². The molecule has 0 atom stereocenters. The van der Waals surface area contributed by atoms with E-state index in [-0.39, 0.29) is 17.0 Å². The summed E-state index contributed by atoms with van der Waals surface area (Å²) in [6.45, 7) is 4.34. The van der Waals surface area contributed by atoms with Gasteiger partial charge in [-0.25, -0.2) is 17.6 Å². The van der Waals surface area contributed by atoms with Gasteiger partial charge in [-0.3, -0.25) is 0 Å². The topological polar surface area (TPSA) is 0 Å². The number of hydrogen-bond acceptors (Lipinski definition) is 0. The third kappa shape index (κ3) is 10.1. The van der Waals surface area contributed by atoms with Gasteiger partial charge in [0.05, 0.1) is 0 Å². The van der Waals surface area contributed by atoms with Crippen molar-refractivity contribution in [3.05, 3.63) is 95.1 Å². The van der Waals surface area contributed by atoms with Crippen molar-refractivity contribution in [2.75, 3.05) is 0 Å². The summed E-state index contributed by atoms with van der Waals surface area (Å²) >= 11 is 0. The van der Waals surface area contributed by atoms with Crippen LogP contribution in [0, 0.1) is 41.0 Å². The Morgan fingerprint density at radius 2 is 1.06 bits per heavy atom. The van der Waals surface area contributed by atoms with Crippen LogP contribution in [0.1, 0.15) is 153 Å². The lowest BCUT2D eigenvalue weighted by Crippen LogP contribution is -2.25. The molecule has 0 radical (unpaired) electrons. The second kappa shape index (κ2) is 19.7. The maximum atomic E-state index is 15.6. The quantitative estimate of drug-likeness (QED) is 0.0752. The molecule has 0 heterocycles. The first-order valence-electron chi connectivity index (χ1n) is 20.1. The molecule has 0 spiro atoms. The maximum absolute atomic E-state index is 15.6. The summed E-state index contributed by atoms with van der Waals surface area (Å²) in [6, 6.07) is 13.2. The summed E-state index contributed by atoms with van der Waals surface area (Å²) in [7, 11) is 0. The van der Waals surface area contributed by atoms with E-state index in [0.29, 0.717) is 28.7 Å². The zero-order valence-electron chi connectivity index (χ0n) is 30.7. The standard InChI is InChI=1S/C46H60F4/c1-3-5-7-9-10-11-12-13-15-33-17-19-34(20-18-33)35-21-23-36(24-22-35)41-31-32-42(46(50)45(41)49)38-27-25-37(26-28-38)40-30-29-39(43(47)44(40)48)16-14-8-6-4-2/h8,14,25-36H,3-7,9-13,15-24H2,1-2H3. The summed E-state index contributed by atoms with van der Waals surface area (Å²) in [5, 5.41) is 0. The van der Waals surface area contributed by atoms with Crippen LogP contribution >= 0.6 is 0 Å². The molecular formula is C46H60F4. The van der Waals surface area contributed by atoms with E-state index in [1.807, 2.05) is 12.2 Å². The van der Waals surface area contributed by atoms with Gasteiger partial charge in [0.25, 0.3) is 0 Å². The van der Waals surface area contributed by atoms with E-state index in [1.54, 1.807) is 48.5 Å². The Morgan fingerprint density at radius 1 is 0.520 bits per heavy atom. The Bertz CT molecular complexity index is 1490. The Morgan fingerprint density at radius 3 is 1.66 bits per heavy atom. The molecule has 0 N–H and O–H groups in total. The predicted molar refractivity (Wildman–Crippen MR) is 202 cm³/mol. The van der Waals surface area contributed by atoms with Crippen molar-refractivity contribution in [3.8, 4) is 22.3 Å². The molecule has 0 saturated heterocycles. The highest BCUT2D eigenvalue weighted by Crippen LogP contribution is 2.45. The molecule has 2 aliphatic rings. The van der Waals surface area contributed by atoms with Gasteiger partial charge in [0.1, 0.15) is 0 Å². The molecule has 4 heteroatoms. The summed E-state index contributed by atoms with van der Waals surface area (Å²) in [5.74, 6) is -0.824. The second-order valence-corrected chi connectivity index (χ2v) is 15.4. The highest BCUT2D eigenvalue weighted by atomic mass is 19.2. The largest absolute Gasteiger partial charge is 0.203 e. The number of unbranched alkanes of at least 4 members (excludes halogenated alkanes) is 8. The SMILES string of the molecule is CCCC=CCc1ccc(-c2ccc(-c3ccc(C4CCC(C5CCC(CCCCCCCCCC)CC5)CC4)c(F)c3F)cc2)c(F)c1F. The zero-order valence-corrected chi connectivity index (χ0v) is 30.7. The molecule has 0 amide bonds. The van der Waals surface area contributed by atoms with Crippen molar-refractivity contribution in [2.24, 2.45) is 17.8 Å². The summed E-state index contributed by atoms with van der Waals surface area (Å²) in [4.78, 5) is 0. The Balaban J connectivity index is 1.10. The van der Waals surface area contributed by atoms with Crippen LogP contribution in [-0.4, -0.2) is 0 Å². The van der Waals surface area contributed by atoms with Gasteiger partial charge < -0.3 is 0 Å². The van der Waals surface area contributed by atoms with Crippen molar-refractivity contribution in [1.29, 1.82) is 0 Å². The number of benzene rings is 3. The molecule has 0 nitrogen and oxygen atoms in total. The normalized spacial score (nSPS) is 21.2. The lowest BCUT2D eigenvalue weighted by Gasteiger charge is -2.38. The van der Waals surface area contributed by atoms with Gasteiger partial charge >= 0.3 is 0 Å². The second-order valence-electron chi connectivity index (χ2n) is 15.4. The van der Waals surface area contributed by atoms with Crippen LogP contribution in [0.5, 0.6) is 0 Å². The van der Waals surface area contributed by atoms with Crippen LogP contribution in [0.2, 0.25) is 0 Å². The van der Waals surface area contributed by atoms with E-state index in [9.17, 15) is 4.39 Å². The molecule has 0 bridgehead atoms. The molecule has 2 aliphatic carbocycles. The summed E-state index contributed by atoms with van der Waals surface area (Å²) < 4.78 is 61.0. The van der Waals surface area contributed by atoms with Crippen molar-refractivity contribution in [2.45, 2.75) is 148 Å². The van der Waals surface area contributed by atoms with Crippen LogP contribution in [0.4, 0.5) is 17.6 Å². The molecule has 3 aromatic carbocycles. The van der Waals surface area contributed by atoms with E-state index >= 15 is 13.2 Å². The van der Waals surface area contributed by atoms with Crippen LogP contribution in [0.15, 0.2) is 60.7 Å². The van der Waals surface area contributed by atoms with Crippen LogP contribution < -0.4 is 0 Å². The van der Waals surface area contributed by atoms with Crippen LogP contribution in [0.25, 0.3) is 22.3 Å². The molecule has 50 heavy (non-hydrogen) atoms. The van der Waals surface area contributed by atoms with Gasteiger partial charge in [0, 0.05) is 11.1 Å². The minimum atomic E-state index is -0.891. The molecule has 0 aliphatic heterocycles. The first kappa shape index (κ1) is 38.4. The Labute approximate surface area is 300 Å². The fourth-order valence-electron chi connectivity index (χ4n) is 8.81. The average molecular weight is 689 g/mol. The Hall–Kier alpha value is -2.88. The van der Waals surface area contributed by atoms with Crippen molar-refractivity contribution < 1.29 is 17.6 Å². The third-order valence-electron chi connectivity index (χ3n) is 12.0. The smallest absolute Gasteiger partial charge is 0.166 e. The molecule has 3 aromatic rings. The third-order valence-corrected chi connectivity index (χ3v) is 12.0. The number of halogens is 4. The Kier molecular flexibility index (Phi) is 15.1. The highest BCUT2D eigenvalue weighted by Gasteiger charge is 2.32. The first-order chi connectivity index (χ1) is 24.4. The minimum Gasteiger partial charge on any atom is -0.203 e. The number of hydrogen-bond donors (Lipinski definition) is 0. The average Bonchev–Trinajstić information content (AvgIpc) is 3.14. The van der Waals surface area contributed by atoms with E-state index in [4.69, 9.17) is 0 Å². The van der Waals surface area contributed by atoms with Gasteiger partial charge in [0.2, 0.25) is 0 Å². The molecule has 2 saturated carbocycles. The fourth-order valence-corrected chi connectivity index (χ4v) is 8.81. The van der Waals surface area contributed by atoms with Crippen molar-refractivity contribution in [1.82, 2.24) is 0 Å². The molecule has 2 fully saturated rings. The summed E-state index contributed by atoms with van der Waals surface area (Å²) in [5.41, 5.74) is 2.16. The van der Waals surface area contributed by atoms with E-state index in [2.05, 4.69) is 13.8 Å². The maximum Gasteiger partial charge on any atom is 0.166 e. The van der Waals surface area contributed by atoms with E-state index < -0.39 is 23.3 Å². The minimum absolute atomic E-state index is 0.0541. The molecule has 0 aromatic heterocycles. The van der Waals surface area contributed by atoms with Crippen LogP contribution in [0.3, 0.4) is 0 Å². The van der Waals surface area contributed by atoms with Crippen molar-refractivity contribution >= 4 is 0 Å². The number of allylic oxidation sites excluding steroid dienone is 2. The predicted octanol–water partition coefficient (Wildman–Crippen LogP) is 15.1. The lowest BCUT2D eigenvalue weighted by molar-refractivity contribution is 0.155. The van der Waals surface area contributed by atoms with Crippen LogP contribution in [-0.2, 0) is 6.42 Å². The molecule has 5 rings (SSSR count). The highest BCUT2D eigenvalue weighted by molar-refractivity contribution is 5.71. The van der Waals surface area contributed by atoms with E-state index in [1.165, 1.54) is 83.5 Å². The number of rotatable bonds is 17. The fraction of sp³-hybridized carbons (Fsp3) is 0.565. The molecule has 0 unspecified atom stereocenters. The molecule has 272 valence electrons. The first-order valence-corrected chi connectivity index (χ1v) is 20.1. The van der Waals surface area contributed by atoms with Gasteiger partial charge in [-0.2, -0.15) is 0 Å². The van der Waals surface area contributed by atoms with Gasteiger partial charge in [-0.15, -0.1) is 0 Å². The molecular weight excluding hydrogens is 628 g/mol.